The Labute approximate surface area is 154 Å². The van der Waals surface area contributed by atoms with E-state index in [1.165, 1.54) is 0 Å². The van der Waals surface area contributed by atoms with E-state index in [0.717, 1.165) is 37.6 Å². The van der Waals surface area contributed by atoms with Crippen molar-refractivity contribution in [2.45, 2.75) is 32.9 Å². The van der Waals surface area contributed by atoms with Gasteiger partial charge in [-0.1, -0.05) is 49.3 Å². The van der Waals surface area contributed by atoms with Crippen LogP contribution >= 0.6 is 0 Å². The molecule has 0 aliphatic carbocycles. The first kappa shape index (κ1) is 18.5. The molecule has 0 bridgehead atoms. The molecule has 7 heteroatoms. The van der Waals surface area contributed by atoms with Crippen LogP contribution < -0.4 is 5.32 Å². The summed E-state index contributed by atoms with van der Waals surface area (Å²) in [6, 6.07) is 9.97. The maximum atomic E-state index is 12.1. The van der Waals surface area contributed by atoms with Gasteiger partial charge in [-0.15, -0.1) is 0 Å². The molecule has 0 atom stereocenters. The second kappa shape index (κ2) is 8.91. The van der Waals surface area contributed by atoms with Crippen molar-refractivity contribution in [3.63, 3.8) is 0 Å². The molecule has 0 saturated carbocycles. The van der Waals surface area contributed by atoms with Gasteiger partial charge in [0, 0.05) is 38.6 Å². The normalized spacial score (nSPS) is 16.1. The van der Waals surface area contributed by atoms with Crippen LogP contribution in [0.4, 0.5) is 0 Å². The molecule has 0 radical (unpaired) electrons. The lowest BCUT2D eigenvalue weighted by atomic mass is 10.2. The Morgan fingerprint density at radius 3 is 2.50 bits per heavy atom. The van der Waals surface area contributed by atoms with E-state index in [2.05, 4.69) is 39.1 Å². The summed E-state index contributed by atoms with van der Waals surface area (Å²) in [6.45, 7) is 9.32. The molecule has 26 heavy (non-hydrogen) atoms. The molecule has 1 N–H and O–H groups in total. The van der Waals surface area contributed by atoms with Gasteiger partial charge in [0.2, 0.25) is 11.8 Å². The Hall–Kier alpha value is -2.25. The highest BCUT2D eigenvalue weighted by atomic mass is 16.5. The summed E-state index contributed by atoms with van der Waals surface area (Å²) in [5, 5.41) is 6.99. The number of amides is 1. The summed E-state index contributed by atoms with van der Waals surface area (Å²) >= 11 is 0. The van der Waals surface area contributed by atoms with E-state index in [9.17, 15) is 4.79 Å². The van der Waals surface area contributed by atoms with Crippen molar-refractivity contribution >= 4 is 5.91 Å². The molecule has 1 aromatic heterocycles. The van der Waals surface area contributed by atoms with Crippen molar-refractivity contribution in [2.24, 2.45) is 0 Å². The molecule has 0 spiro atoms. The predicted molar refractivity (Wildman–Crippen MR) is 98.4 cm³/mol. The van der Waals surface area contributed by atoms with Gasteiger partial charge in [0.15, 0.2) is 5.82 Å². The van der Waals surface area contributed by atoms with Crippen LogP contribution in [0.15, 0.2) is 34.9 Å². The second-order valence-corrected chi connectivity index (χ2v) is 7.02. The van der Waals surface area contributed by atoms with Crippen LogP contribution in [0.1, 0.15) is 37.0 Å². The Morgan fingerprint density at radius 2 is 1.85 bits per heavy atom. The van der Waals surface area contributed by atoms with E-state index in [-0.39, 0.29) is 11.8 Å². The van der Waals surface area contributed by atoms with E-state index in [4.69, 9.17) is 4.52 Å². The fourth-order valence-corrected chi connectivity index (χ4v) is 2.92. The molecule has 2 aromatic rings. The maximum absolute atomic E-state index is 12.1. The summed E-state index contributed by atoms with van der Waals surface area (Å²) in [5.74, 6) is 1.77. The lowest BCUT2D eigenvalue weighted by Gasteiger charge is -2.33. The molecule has 1 saturated heterocycles. The largest absolute Gasteiger partial charge is 0.351 e. The Kier molecular flexibility index (Phi) is 6.35. The van der Waals surface area contributed by atoms with Crippen molar-refractivity contribution in [3.05, 3.63) is 47.6 Å². The quantitative estimate of drug-likeness (QED) is 0.812. The maximum Gasteiger partial charge on any atom is 0.240 e. The lowest BCUT2D eigenvalue weighted by Crippen LogP contribution is -2.49. The number of aromatic nitrogens is 2. The lowest BCUT2D eigenvalue weighted by molar-refractivity contribution is -0.122. The van der Waals surface area contributed by atoms with Crippen LogP contribution in [-0.4, -0.2) is 58.6 Å². The first-order valence-electron chi connectivity index (χ1n) is 9.18. The van der Waals surface area contributed by atoms with Crippen LogP contribution in [0.5, 0.6) is 0 Å². The van der Waals surface area contributed by atoms with Crippen molar-refractivity contribution in [1.29, 1.82) is 0 Å². The highest BCUT2D eigenvalue weighted by Crippen LogP contribution is 2.12. The Morgan fingerprint density at radius 1 is 1.15 bits per heavy atom. The van der Waals surface area contributed by atoms with E-state index in [0.29, 0.717) is 25.5 Å². The van der Waals surface area contributed by atoms with Crippen molar-refractivity contribution in [1.82, 2.24) is 25.3 Å². The van der Waals surface area contributed by atoms with Crippen molar-refractivity contribution in [3.8, 4) is 0 Å². The minimum Gasteiger partial charge on any atom is -0.351 e. The molecular weight excluding hydrogens is 330 g/mol. The smallest absolute Gasteiger partial charge is 0.240 e. The number of benzene rings is 1. The summed E-state index contributed by atoms with van der Waals surface area (Å²) in [7, 11) is 0. The molecule has 1 aromatic carbocycles. The summed E-state index contributed by atoms with van der Waals surface area (Å²) in [4.78, 5) is 21.0. The molecule has 3 rings (SSSR count). The number of hydrogen-bond donors (Lipinski definition) is 1. The zero-order chi connectivity index (χ0) is 18.4. The predicted octanol–water partition coefficient (Wildman–Crippen LogP) is 1.63. The SMILES string of the molecule is CC(C)c1noc(CN2CCN(CC(=O)NCc3ccccc3)CC2)n1. The van der Waals surface area contributed by atoms with Gasteiger partial charge < -0.3 is 9.84 Å². The zero-order valence-corrected chi connectivity index (χ0v) is 15.5. The average Bonchev–Trinajstić information content (AvgIpc) is 3.11. The van der Waals surface area contributed by atoms with Crippen LogP contribution in [0.25, 0.3) is 0 Å². The van der Waals surface area contributed by atoms with E-state index < -0.39 is 0 Å². The molecular formula is C19H27N5O2. The van der Waals surface area contributed by atoms with E-state index >= 15 is 0 Å². The van der Waals surface area contributed by atoms with Crippen molar-refractivity contribution < 1.29 is 9.32 Å². The minimum absolute atomic E-state index is 0.0702. The average molecular weight is 357 g/mol. The zero-order valence-electron chi connectivity index (χ0n) is 15.5. The van der Waals surface area contributed by atoms with Gasteiger partial charge >= 0.3 is 0 Å². The highest BCUT2D eigenvalue weighted by molar-refractivity contribution is 5.78. The molecule has 1 fully saturated rings. The van der Waals surface area contributed by atoms with E-state index in [1.807, 2.05) is 30.3 Å². The molecule has 140 valence electrons. The molecule has 2 heterocycles. The first-order chi connectivity index (χ1) is 12.6. The van der Waals surface area contributed by atoms with Gasteiger partial charge in [-0.2, -0.15) is 4.98 Å². The molecule has 7 nitrogen and oxygen atoms in total. The summed E-state index contributed by atoms with van der Waals surface area (Å²) < 4.78 is 5.31. The van der Waals surface area contributed by atoms with Crippen LogP contribution in [0.3, 0.4) is 0 Å². The van der Waals surface area contributed by atoms with Gasteiger partial charge in [-0.05, 0) is 5.56 Å². The standard InChI is InChI=1S/C19H27N5O2/c1-15(2)19-21-18(26-22-19)14-24-10-8-23(9-11-24)13-17(25)20-12-16-6-4-3-5-7-16/h3-7,15H,8-14H2,1-2H3,(H,20,25). The number of nitrogens with zero attached hydrogens (tertiary/aromatic N) is 4. The van der Waals surface area contributed by atoms with E-state index in [1.54, 1.807) is 0 Å². The monoisotopic (exact) mass is 357 g/mol. The number of nitrogens with one attached hydrogen (secondary N) is 1. The van der Waals surface area contributed by atoms with Gasteiger partial charge in [-0.25, -0.2) is 0 Å². The summed E-state index contributed by atoms with van der Waals surface area (Å²) in [5.41, 5.74) is 1.12. The minimum atomic E-state index is 0.0702. The van der Waals surface area contributed by atoms with Gasteiger partial charge in [0.25, 0.3) is 0 Å². The number of carbonyl (C=O) groups is 1. The third kappa shape index (κ3) is 5.37. The van der Waals surface area contributed by atoms with Crippen LogP contribution in [0, 0.1) is 0 Å². The molecule has 0 unspecified atom stereocenters. The van der Waals surface area contributed by atoms with Gasteiger partial charge in [-0.3, -0.25) is 14.6 Å². The fraction of sp³-hybridized carbons (Fsp3) is 0.526. The second-order valence-electron chi connectivity index (χ2n) is 7.02. The molecule has 1 aliphatic rings. The Balaban J connectivity index is 1.37. The fourth-order valence-electron chi connectivity index (χ4n) is 2.92. The number of rotatable bonds is 7. The van der Waals surface area contributed by atoms with Gasteiger partial charge in [0.1, 0.15) is 0 Å². The topological polar surface area (TPSA) is 74.5 Å². The highest BCUT2D eigenvalue weighted by Gasteiger charge is 2.21. The van der Waals surface area contributed by atoms with Gasteiger partial charge in [0.05, 0.1) is 13.1 Å². The Bertz CT molecular complexity index is 693. The number of carbonyl (C=O) groups excluding carboxylic acids is 1. The van der Waals surface area contributed by atoms with Crippen LogP contribution in [-0.2, 0) is 17.9 Å². The first-order valence-corrected chi connectivity index (χ1v) is 9.18. The third-order valence-electron chi connectivity index (χ3n) is 4.52. The number of hydrogen-bond acceptors (Lipinski definition) is 6. The number of piperazine rings is 1. The van der Waals surface area contributed by atoms with Crippen molar-refractivity contribution in [2.75, 3.05) is 32.7 Å². The van der Waals surface area contributed by atoms with Crippen LogP contribution in [0.2, 0.25) is 0 Å². The third-order valence-corrected chi connectivity index (χ3v) is 4.52. The molecule has 1 aliphatic heterocycles. The molecule has 1 amide bonds. The summed E-state index contributed by atoms with van der Waals surface area (Å²) in [6.07, 6.45) is 0.